The highest BCUT2D eigenvalue weighted by molar-refractivity contribution is 14.0. The Balaban J connectivity index is 0.00000450. The summed E-state index contributed by atoms with van der Waals surface area (Å²) in [4.78, 5) is 6.96. The molecule has 2 N–H and O–H groups in total. The van der Waals surface area contributed by atoms with Crippen LogP contribution in [0.3, 0.4) is 0 Å². The monoisotopic (exact) mass is 554 g/mol. The second kappa shape index (κ2) is 12.2. The normalized spacial score (nSPS) is 16.8. The van der Waals surface area contributed by atoms with Crippen molar-refractivity contribution in [1.82, 2.24) is 15.5 Å². The van der Waals surface area contributed by atoms with E-state index in [0.717, 1.165) is 44.0 Å². The van der Waals surface area contributed by atoms with Gasteiger partial charge in [0.1, 0.15) is 15.7 Å². The van der Waals surface area contributed by atoms with Gasteiger partial charge in [-0.2, -0.15) is 0 Å². The van der Waals surface area contributed by atoms with E-state index in [2.05, 4.69) is 29.4 Å². The third-order valence-corrected chi connectivity index (χ3v) is 6.21. The van der Waals surface area contributed by atoms with Crippen molar-refractivity contribution in [2.24, 2.45) is 4.99 Å². The van der Waals surface area contributed by atoms with Gasteiger partial charge in [-0.3, -0.25) is 4.99 Å². The molecule has 0 amide bonds. The van der Waals surface area contributed by atoms with Crippen LogP contribution in [0, 0.1) is 5.82 Å². The number of likely N-dealkylation sites (tertiary alicyclic amines) is 1. The van der Waals surface area contributed by atoms with Gasteiger partial charge in [0.05, 0.1) is 12.3 Å². The average Bonchev–Trinajstić information content (AvgIpc) is 2.65. The number of nitrogens with zero attached hydrogens (tertiary/aromatic N) is 2. The van der Waals surface area contributed by atoms with Crippen LogP contribution in [0.25, 0.3) is 0 Å². The molecule has 0 spiro atoms. The first-order valence-electron chi connectivity index (χ1n) is 10.3. The first-order chi connectivity index (χ1) is 13.6. The van der Waals surface area contributed by atoms with E-state index < -0.39 is 9.84 Å². The number of nitrogens with one attached hydrogen (secondary N) is 2. The summed E-state index contributed by atoms with van der Waals surface area (Å²) in [7, 11) is -2.92. The van der Waals surface area contributed by atoms with Gasteiger partial charge in [-0.1, -0.05) is 26.0 Å². The van der Waals surface area contributed by atoms with Crippen LogP contribution < -0.4 is 10.6 Å². The number of hydrogen-bond donors (Lipinski definition) is 2. The molecule has 1 aromatic rings. The molecule has 1 heterocycles. The Labute approximate surface area is 198 Å². The lowest BCUT2D eigenvalue weighted by molar-refractivity contribution is 0.216. The van der Waals surface area contributed by atoms with Gasteiger partial charge in [-0.25, -0.2) is 12.8 Å². The molecule has 1 aromatic carbocycles. The molecule has 0 bridgehead atoms. The van der Waals surface area contributed by atoms with Crippen LogP contribution in [0.4, 0.5) is 4.39 Å². The molecule has 2 rings (SSSR count). The summed E-state index contributed by atoms with van der Waals surface area (Å²) in [6.07, 6.45) is 3.18. The van der Waals surface area contributed by atoms with Crippen molar-refractivity contribution in [3.63, 3.8) is 0 Å². The van der Waals surface area contributed by atoms with E-state index in [1.807, 2.05) is 13.0 Å². The summed E-state index contributed by atoms with van der Waals surface area (Å²) >= 11 is 0. The molecule has 1 saturated heterocycles. The molecule has 0 unspecified atom stereocenters. The smallest absolute Gasteiger partial charge is 0.191 e. The van der Waals surface area contributed by atoms with E-state index in [1.54, 1.807) is 12.1 Å². The summed E-state index contributed by atoms with van der Waals surface area (Å²) in [5, 5.41) is 6.80. The Morgan fingerprint density at radius 2 is 1.97 bits per heavy atom. The van der Waals surface area contributed by atoms with Crippen molar-refractivity contribution < 1.29 is 12.8 Å². The highest BCUT2D eigenvalue weighted by atomic mass is 127. The van der Waals surface area contributed by atoms with Crippen molar-refractivity contribution in [1.29, 1.82) is 0 Å². The fourth-order valence-electron chi connectivity index (χ4n) is 3.39. The van der Waals surface area contributed by atoms with E-state index >= 15 is 0 Å². The highest BCUT2D eigenvalue weighted by Crippen LogP contribution is 2.24. The quantitative estimate of drug-likeness (QED) is 0.294. The van der Waals surface area contributed by atoms with E-state index in [9.17, 15) is 12.8 Å². The number of aliphatic imine (C=N–C) groups is 1. The Morgan fingerprint density at radius 1 is 1.30 bits per heavy atom. The summed E-state index contributed by atoms with van der Waals surface area (Å²) in [6, 6.07) is 7.00. The Bertz CT molecular complexity index is 794. The molecule has 0 saturated carbocycles. The zero-order valence-corrected chi connectivity index (χ0v) is 21.6. The summed E-state index contributed by atoms with van der Waals surface area (Å²) < 4.78 is 36.3. The maximum absolute atomic E-state index is 13.6. The number of rotatable bonds is 8. The van der Waals surface area contributed by atoms with Crippen LogP contribution >= 0.6 is 24.0 Å². The molecule has 0 radical (unpaired) electrons. The predicted molar refractivity (Wildman–Crippen MR) is 133 cm³/mol. The van der Waals surface area contributed by atoms with Crippen molar-refractivity contribution in [2.45, 2.75) is 45.1 Å². The van der Waals surface area contributed by atoms with Gasteiger partial charge < -0.3 is 15.5 Å². The van der Waals surface area contributed by atoms with Gasteiger partial charge in [0.15, 0.2) is 5.96 Å². The highest BCUT2D eigenvalue weighted by Gasteiger charge is 2.23. The first kappa shape index (κ1) is 27.1. The topological polar surface area (TPSA) is 73.8 Å². The van der Waals surface area contributed by atoms with Crippen molar-refractivity contribution in [3.8, 4) is 0 Å². The third kappa shape index (κ3) is 9.47. The molecule has 30 heavy (non-hydrogen) atoms. The Kier molecular flexibility index (Phi) is 11.0. The summed E-state index contributed by atoms with van der Waals surface area (Å²) in [5.74, 6) is 0.753. The van der Waals surface area contributed by atoms with Gasteiger partial charge in [0.25, 0.3) is 0 Å². The molecule has 0 aliphatic carbocycles. The minimum absolute atomic E-state index is 0. The van der Waals surface area contributed by atoms with E-state index in [1.165, 1.54) is 12.3 Å². The number of halogens is 2. The largest absolute Gasteiger partial charge is 0.357 e. The molecule has 0 atom stereocenters. The molecule has 0 aromatic heterocycles. The Morgan fingerprint density at radius 3 is 2.53 bits per heavy atom. The minimum atomic E-state index is -2.92. The first-order valence-corrected chi connectivity index (χ1v) is 12.4. The van der Waals surface area contributed by atoms with Gasteiger partial charge in [0, 0.05) is 43.9 Å². The molecule has 1 aliphatic heterocycles. The third-order valence-electron chi connectivity index (χ3n) is 5.29. The summed E-state index contributed by atoms with van der Waals surface area (Å²) in [6.45, 7) is 9.82. The fraction of sp³-hybridized carbons (Fsp3) is 0.667. The standard InChI is InChI=1S/C21H35FN4O2S.HI/c1-5-23-20(24-16-21(2,3)17-7-6-8-18(22)15-17)25-19-9-11-26(12-10-19)13-14-29(4,27)28;/h6-8,15,19H,5,9-14,16H2,1-4H3,(H2,23,24,25);1H. The number of benzene rings is 1. The number of piperidine rings is 1. The molecular weight excluding hydrogens is 518 g/mol. The van der Waals surface area contributed by atoms with Gasteiger partial charge in [-0.05, 0) is 37.5 Å². The van der Waals surface area contributed by atoms with Crippen LogP contribution in [0.1, 0.15) is 39.2 Å². The molecule has 9 heteroatoms. The lowest BCUT2D eigenvalue weighted by atomic mass is 9.85. The number of guanidine groups is 1. The van der Waals surface area contributed by atoms with Crippen molar-refractivity contribution in [3.05, 3.63) is 35.6 Å². The minimum Gasteiger partial charge on any atom is -0.357 e. The second-order valence-corrected chi connectivity index (χ2v) is 10.7. The van der Waals surface area contributed by atoms with E-state index in [4.69, 9.17) is 4.99 Å². The molecule has 1 fully saturated rings. The molecule has 6 nitrogen and oxygen atoms in total. The zero-order chi connectivity index (χ0) is 21.5. The van der Waals surface area contributed by atoms with E-state index in [-0.39, 0.29) is 41.0 Å². The van der Waals surface area contributed by atoms with Gasteiger partial charge in [0.2, 0.25) is 0 Å². The SMILES string of the molecule is CCNC(=NCC(C)(C)c1cccc(F)c1)NC1CCN(CCS(C)(=O)=O)CC1.I. The maximum Gasteiger partial charge on any atom is 0.191 e. The van der Waals surface area contributed by atoms with Gasteiger partial charge >= 0.3 is 0 Å². The average molecular weight is 555 g/mol. The predicted octanol–water partition coefficient (Wildman–Crippen LogP) is 2.79. The summed E-state index contributed by atoms with van der Waals surface area (Å²) in [5.41, 5.74) is 0.649. The van der Waals surface area contributed by atoms with Crippen LogP contribution in [-0.4, -0.2) is 70.1 Å². The van der Waals surface area contributed by atoms with Crippen LogP contribution in [0.5, 0.6) is 0 Å². The molecule has 1 aliphatic rings. The number of hydrogen-bond acceptors (Lipinski definition) is 4. The zero-order valence-electron chi connectivity index (χ0n) is 18.4. The fourth-order valence-corrected chi connectivity index (χ4v) is 3.98. The van der Waals surface area contributed by atoms with Gasteiger partial charge in [-0.15, -0.1) is 24.0 Å². The molecule has 172 valence electrons. The van der Waals surface area contributed by atoms with Crippen LogP contribution in [0.2, 0.25) is 0 Å². The number of sulfone groups is 1. The Hall–Kier alpha value is -0.940. The van der Waals surface area contributed by atoms with Crippen LogP contribution in [-0.2, 0) is 15.3 Å². The second-order valence-electron chi connectivity index (χ2n) is 8.48. The molecular formula is C21H36FIN4O2S. The lowest BCUT2D eigenvalue weighted by Gasteiger charge is -2.33. The van der Waals surface area contributed by atoms with Crippen LogP contribution in [0.15, 0.2) is 29.3 Å². The van der Waals surface area contributed by atoms with Crippen molar-refractivity contribution in [2.75, 3.05) is 44.7 Å². The van der Waals surface area contributed by atoms with E-state index in [0.29, 0.717) is 19.1 Å². The maximum atomic E-state index is 13.6. The lowest BCUT2D eigenvalue weighted by Crippen LogP contribution is -2.49. The van der Waals surface area contributed by atoms with Crippen molar-refractivity contribution >= 4 is 39.8 Å².